The van der Waals surface area contributed by atoms with E-state index in [2.05, 4.69) is 105 Å². The summed E-state index contributed by atoms with van der Waals surface area (Å²) in [4.78, 5) is 0. The van der Waals surface area contributed by atoms with E-state index in [-0.39, 0.29) is 15.8 Å². The van der Waals surface area contributed by atoms with Crippen LogP contribution in [0.3, 0.4) is 0 Å². The monoisotopic (exact) mass is 378 g/mol. The molecule has 26 heavy (non-hydrogen) atoms. The third-order valence-corrected chi connectivity index (χ3v) is 10.3. The van der Waals surface area contributed by atoms with E-state index >= 15 is 0 Å². The van der Waals surface area contributed by atoms with Gasteiger partial charge in [0.15, 0.2) is 0 Å². The Bertz CT molecular complexity index is 714. The van der Waals surface area contributed by atoms with E-state index in [1.165, 1.54) is 29.1 Å². The predicted octanol–water partition coefficient (Wildman–Crippen LogP) is 5.58. The van der Waals surface area contributed by atoms with Gasteiger partial charge >= 0.3 is 0 Å². The Morgan fingerprint density at radius 1 is 0.577 bits per heavy atom. The molecule has 1 atom stereocenters. The maximum Gasteiger partial charge on any atom is -0.0195 e. The zero-order valence-corrected chi connectivity index (χ0v) is 17.5. The van der Waals surface area contributed by atoms with Crippen molar-refractivity contribution in [3.63, 3.8) is 0 Å². The summed E-state index contributed by atoms with van der Waals surface area (Å²) in [7, 11) is -0.375. The number of hydrogen-bond acceptors (Lipinski definition) is 0. The fourth-order valence-electron chi connectivity index (χ4n) is 3.25. The topological polar surface area (TPSA) is 0 Å². The van der Waals surface area contributed by atoms with Gasteiger partial charge in [-0.2, -0.15) is 0 Å². The van der Waals surface area contributed by atoms with Gasteiger partial charge in [0, 0.05) is 0 Å². The molecular weight excluding hydrogens is 350 g/mol. The molecule has 3 aromatic rings. The van der Waals surface area contributed by atoms with Crippen LogP contribution in [0.2, 0.25) is 0 Å². The zero-order valence-electron chi connectivity index (χ0n) is 15.8. The average Bonchev–Trinajstić information content (AvgIpc) is 2.69. The summed E-state index contributed by atoms with van der Waals surface area (Å²) in [5.41, 5.74) is 0. The highest BCUT2D eigenvalue weighted by molar-refractivity contribution is 7.74. The fourth-order valence-corrected chi connectivity index (χ4v) is 9.02. The highest BCUT2D eigenvalue weighted by atomic mass is 31.1. The molecule has 0 spiro atoms. The van der Waals surface area contributed by atoms with E-state index in [9.17, 15) is 0 Å². The van der Waals surface area contributed by atoms with Crippen molar-refractivity contribution >= 4 is 31.8 Å². The van der Waals surface area contributed by atoms with E-state index in [1.54, 1.807) is 5.30 Å². The van der Waals surface area contributed by atoms with E-state index < -0.39 is 0 Å². The second-order valence-electron chi connectivity index (χ2n) is 7.00. The van der Waals surface area contributed by atoms with Crippen LogP contribution in [0.1, 0.15) is 13.8 Å². The van der Waals surface area contributed by atoms with Crippen molar-refractivity contribution in [2.45, 2.75) is 13.8 Å². The summed E-state index contributed by atoms with van der Waals surface area (Å²) in [6, 6.07) is 33.4. The van der Waals surface area contributed by atoms with Crippen molar-refractivity contribution in [1.29, 1.82) is 0 Å². The summed E-state index contributed by atoms with van der Waals surface area (Å²) in [5.74, 6) is 0.751. The molecule has 0 nitrogen and oxygen atoms in total. The minimum Gasteiger partial charge on any atom is -0.0747 e. The maximum atomic E-state index is 2.36. The molecule has 0 aliphatic carbocycles. The molecule has 0 saturated carbocycles. The zero-order chi connectivity index (χ0) is 18.2. The molecule has 0 aromatic heterocycles. The Morgan fingerprint density at radius 2 is 1.00 bits per heavy atom. The second-order valence-corrected chi connectivity index (χ2v) is 11.7. The molecule has 0 saturated heterocycles. The predicted molar refractivity (Wildman–Crippen MR) is 122 cm³/mol. The molecule has 0 aliphatic rings. The summed E-state index contributed by atoms with van der Waals surface area (Å²) < 4.78 is 0. The number of hydrogen-bond donors (Lipinski definition) is 0. The molecule has 134 valence electrons. The summed E-state index contributed by atoms with van der Waals surface area (Å²) in [6.07, 6.45) is 3.91. The smallest absolute Gasteiger partial charge is 0.0195 e. The van der Waals surface area contributed by atoms with Gasteiger partial charge in [-0.05, 0) is 48.2 Å². The van der Waals surface area contributed by atoms with Crippen molar-refractivity contribution in [2.75, 3.05) is 18.5 Å². The van der Waals surface area contributed by atoms with Gasteiger partial charge in [-0.15, -0.1) is 0 Å². The van der Waals surface area contributed by atoms with Crippen molar-refractivity contribution < 1.29 is 0 Å². The molecule has 0 amide bonds. The molecule has 3 aromatic carbocycles. The van der Waals surface area contributed by atoms with Crippen LogP contribution in [0.5, 0.6) is 0 Å². The number of rotatable bonds is 8. The molecule has 0 bridgehead atoms. The lowest BCUT2D eigenvalue weighted by Crippen LogP contribution is -2.17. The maximum absolute atomic E-state index is 2.36. The molecule has 3 rings (SSSR count). The Kier molecular flexibility index (Phi) is 7.43. The van der Waals surface area contributed by atoms with Gasteiger partial charge in [-0.1, -0.05) is 113 Å². The van der Waals surface area contributed by atoms with Crippen LogP contribution in [0.15, 0.2) is 91.0 Å². The van der Waals surface area contributed by atoms with Crippen LogP contribution in [0.4, 0.5) is 0 Å². The van der Waals surface area contributed by atoms with Gasteiger partial charge in [0.05, 0.1) is 0 Å². The van der Waals surface area contributed by atoms with Gasteiger partial charge in [-0.25, -0.2) is 0 Å². The Balaban J connectivity index is 1.81. The first kappa shape index (κ1) is 19.3. The van der Waals surface area contributed by atoms with Gasteiger partial charge in [-0.3, -0.25) is 0 Å². The first-order valence-corrected chi connectivity index (χ1v) is 12.7. The lowest BCUT2D eigenvalue weighted by molar-refractivity contribution is 0.745. The molecule has 0 radical (unpaired) electrons. The average molecular weight is 378 g/mol. The van der Waals surface area contributed by atoms with Crippen LogP contribution >= 0.6 is 15.8 Å². The van der Waals surface area contributed by atoms with Gasteiger partial charge in [0.25, 0.3) is 0 Å². The molecular formula is C24H28P2. The van der Waals surface area contributed by atoms with Crippen LogP contribution in [-0.2, 0) is 0 Å². The summed E-state index contributed by atoms with van der Waals surface area (Å²) >= 11 is 0. The van der Waals surface area contributed by atoms with E-state index in [0.717, 1.165) is 5.92 Å². The third kappa shape index (κ3) is 5.51. The molecule has 0 N–H and O–H groups in total. The standard InChI is InChI=1S/C24H28P2/c1-21(2)20-25(22-12-6-3-7-13-22)18-19-26(23-14-8-4-9-15-23)24-16-10-5-11-17-24/h3-17,21H,18-20H2,1-2H3. The second kappa shape index (κ2) is 10.0. The highest BCUT2D eigenvalue weighted by Gasteiger charge is 2.18. The van der Waals surface area contributed by atoms with Gasteiger partial charge < -0.3 is 0 Å². The molecule has 1 unspecified atom stereocenters. The third-order valence-electron chi connectivity index (χ3n) is 4.44. The van der Waals surface area contributed by atoms with Crippen molar-refractivity contribution in [3.05, 3.63) is 91.0 Å². The van der Waals surface area contributed by atoms with Crippen LogP contribution in [-0.4, -0.2) is 18.5 Å². The molecule has 2 heteroatoms. The van der Waals surface area contributed by atoms with Crippen LogP contribution in [0.25, 0.3) is 0 Å². The molecule has 0 fully saturated rings. The lowest BCUT2D eigenvalue weighted by Gasteiger charge is -2.24. The quantitative estimate of drug-likeness (QED) is 0.449. The summed E-state index contributed by atoms with van der Waals surface area (Å²) in [5, 5.41) is 4.56. The normalized spacial score (nSPS) is 12.5. The fraction of sp³-hybridized carbons (Fsp3) is 0.250. The van der Waals surface area contributed by atoms with E-state index in [4.69, 9.17) is 0 Å². The lowest BCUT2D eigenvalue weighted by atomic mass is 10.3. The Morgan fingerprint density at radius 3 is 1.42 bits per heavy atom. The first-order chi connectivity index (χ1) is 12.7. The molecule has 0 heterocycles. The highest BCUT2D eigenvalue weighted by Crippen LogP contribution is 2.42. The van der Waals surface area contributed by atoms with Gasteiger partial charge in [0.2, 0.25) is 0 Å². The summed E-state index contributed by atoms with van der Waals surface area (Å²) in [6.45, 7) is 4.71. The SMILES string of the molecule is CC(C)CP(CCP(c1ccccc1)c1ccccc1)c1ccccc1. The van der Waals surface area contributed by atoms with Crippen LogP contribution < -0.4 is 15.9 Å². The largest absolute Gasteiger partial charge is 0.0747 e. The van der Waals surface area contributed by atoms with E-state index in [1.807, 2.05) is 0 Å². The van der Waals surface area contributed by atoms with Crippen molar-refractivity contribution in [1.82, 2.24) is 0 Å². The first-order valence-electron chi connectivity index (χ1n) is 9.41. The van der Waals surface area contributed by atoms with Crippen molar-refractivity contribution in [2.24, 2.45) is 5.92 Å². The minimum atomic E-state index is -0.283. The Labute approximate surface area is 161 Å². The van der Waals surface area contributed by atoms with Gasteiger partial charge in [0.1, 0.15) is 0 Å². The Hall–Kier alpha value is -1.48. The minimum absolute atomic E-state index is 0.0923. The van der Waals surface area contributed by atoms with E-state index in [0.29, 0.717) is 0 Å². The van der Waals surface area contributed by atoms with Crippen LogP contribution in [0, 0.1) is 5.92 Å². The number of benzene rings is 3. The van der Waals surface area contributed by atoms with Crippen molar-refractivity contribution in [3.8, 4) is 0 Å². The molecule has 0 aliphatic heterocycles.